The van der Waals surface area contributed by atoms with Crippen LogP contribution in [-0.4, -0.2) is 19.0 Å². The first-order chi connectivity index (χ1) is 6.48. The Morgan fingerprint density at radius 2 is 1.93 bits per heavy atom. The third-order valence-corrected chi connectivity index (χ3v) is 2.70. The van der Waals surface area contributed by atoms with Crippen LogP contribution >= 0.6 is 11.6 Å². The highest BCUT2D eigenvalue weighted by molar-refractivity contribution is 6.17. The fourth-order valence-corrected chi connectivity index (χ4v) is 1.92. The van der Waals surface area contributed by atoms with Crippen molar-refractivity contribution in [1.29, 1.82) is 0 Å². The summed E-state index contributed by atoms with van der Waals surface area (Å²) in [6, 6.07) is 0. The van der Waals surface area contributed by atoms with Crippen LogP contribution < -0.4 is 5.32 Å². The number of halogens is 1. The van der Waals surface area contributed by atoms with E-state index >= 15 is 0 Å². The molecular formula is C12H26ClN. The molecule has 0 saturated carbocycles. The highest BCUT2D eigenvalue weighted by atomic mass is 35.5. The van der Waals surface area contributed by atoms with Crippen LogP contribution in [0.25, 0.3) is 0 Å². The van der Waals surface area contributed by atoms with E-state index in [4.69, 9.17) is 11.6 Å². The van der Waals surface area contributed by atoms with Crippen molar-refractivity contribution in [3.8, 4) is 0 Å². The summed E-state index contributed by atoms with van der Waals surface area (Å²) < 4.78 is 0. The minimum Gasteiger partial charge on any atom is -0.316 e. The number of rotatable bonds is 8. The molecule has 0 spiro atoms. The molecule has 0 heterocycles. The zero-order valence-electron chi connectivity index (χ0n) is 10.2. The molecule has 2 heteroatoms. The van der Waals surface area contributed by atoms with Crippen molar-refractivity contribution in [2.75, 3.05) is 19.0 Å². The zero-order chi connectivity index (χ0) is 11.0. The van der Waals surface area contributed by atoms with Crippen LogP contribution in [0.5, 0.6) is 0 Å². The summed E-state index contributed by atoms with van der Waals surface area (Å²) in [5.74, 6) is 1.59. The molecule has 1 N–H and O–H groups in total. The highest BCUT2D eigenvalue weighted by Crippen LogP contribution is 2.19. The molecule has 0 aromatic heterocycles. The minimum absolute atomic E-state index is 0.347. The molecule has 0 aromatic carbocycles. The van der Waals surface area contributed by atoms with Crippen LogP contribution in [0.1, 0.15) is 47.0 Å². The number of nitrogens with one attached hydrogen (secondary N) is 1. The summed E-state index contributed by atoms with van der Waals surface area (Å²) in [6.45, 7) is 11.3. The lowest BCUT2D eigenvalue weighted by Gasteiger charge is -2.24. The maximum atomic E-state index is 5.74. The monoisotopic (exact) mass is 219 g/mol. The topological polar surface area (TPSA) is 12.0 Å². The van der Waals surface area contributed by atoms with Gasteiger partial charge in [-0.2, -0.15) is 0 Å². The van der Waals surface area contributed by atoms with Gasteiger partial charge in [0.15, 0.2) is 0 Å². The zero-order valence-corrected chi connectivity index (χ0v) is 11.0. The van der Waals surface area contributed by atoms with Crippen LogP contribution in [0.2, 0.25) is 0 Å². The molecule has 0 radical (unpaired) electrons. The molecule has 0 unspecified atom stereocenters. The van der Waals surface area contributed by atoms with E-state index in [9.17, 15) is 0 Å². The fraction of sp³-hybridized carbons (Fsp3) is 1.00. The van der Waals surface area contributed by atoms with Gasteiger partial charge in [0, 0.05) is 12.4 Å². The van der Waals surface area contributed by atoms with Gasteiger partial charge >= 0.3 is 0 Å². The van der Waals surface area contributed by atoms with Crippen molar-refractivity contribution < 1.29 is 0 Å². The summed E-state index contributed by atoms with van der Waals surface area (Å²) in [7, 11) is 0. The van der Waals surface area contributed by atoms with Crippen LogP contribution in [0.3, 0.4) is 0 Å². The maximum Gasteiger partial charge on any atom is 0.0229 e. The van der Waals surface area contributed by atoms with Gasteiger partial charge in [-0.25, -0.2) is 0 Å². The molecule has 14 heavy (non-hydrogen) atoms. The van der Waals surface area contributed by atoms with Crippen LogP contribution in [0, 0.1) is 11.3 Å². The Hall–Kier alpha value is 0.250. The lowest BCUT2D eigenvalue weighted by molar-refractivity contribution is 0.328. The van der Waals surface area contributed by atoms with Gasteiger partial charge in [-0.1, -0.05) is 27.7 Å². The molecule has 0 amide bonds. The Balaban J connectivity index is 3.34. The Bertz CT molecular complexity index is 132. The van der Waals surface area contributed by atoms with Crippen molar-refractivity contribution in [3.05, 3.63) is 0 Å². The molecule has 0 aliphatic rings. The number of hydrogen-bond acceptors (Lipinski definition) is 1. The van der Waals surface area contributed by atoms with Crippen molar-refractivity contribution in [2.24, 2.45) is 11.3 Å². The molecule has 0 saturated heterocycles. The van der Waals surface area contributed by atoms with E-state index < -0.39 is 0 Å². The molecule has 0 aliphatic carbocycles. The first kappa shape index (κ1) is 14.2. The Labute approximate surface area is 94.6 Å². The molecule has 0 aromatic rings. The average Bonchev–Trinajstić information content (AvgIpc) is 2.02. The second-order valence-corrected chi connectivity index (χ2v) is 5.69. The predicted octanol–water partition coefficient (Wildman–Crippen LogP) is 3.67. The van der Waals surface area contributed by atoms with Gasteiger partial charge in [0.2, 0.25) is 0 Å². The van der Waals surface area contributed by atoms with Crippen molar-refractivity contribution in [2.45, 2.75) is 47.0 Å². The van der Waals surface area contributed by atoms with Gasteiger partial charge in [-0.3, -0.25) is 0 Å². The third-order valence-electron chi connectivity index (χ3n) is 2.51. The summed E-state index contributed by atoms with van der Waals surface area (Å²) >= 11 is 5.74. The molecule has 0 bridgehead atoms. The van der Waals surface area contributed by atoms with Crippen molar-refractivity contribution >= 4 is 11.6 Å². The maximum absolute atomic E-state index is 5.74. The Morgan fingerprint density at radius 1 is 1.29 bits per heavy atom. The second-order valence-electron chi connectivity index (χ2n) is 5.32. The molecule has 0 rings (SSSR count). The predicted molar refractivity (Wildman–Crippen MR) is 66.1 cm³/mol. The van der Waals surface area contributed by atoms with E-state index in [1.165, 1.54) is 12.8 Å². The van der Waals surface area contributed by atoms with Crippen molar-refractivity contribution in [3.63, 3.8) is 0 Å². The van der Waals surface area contributed by atoms with Gasteiger partial charge in [0.1, 0.15) is 0 Å². The van der Waals surface area contributed by atoms with Gasteiger partial charge in [0.25, 0.3) is 0 Å². The lowest BCUT2D eigenvalue weighted by Crippen LogP contribution is -2.30. The van der Waals surface area contributed by atoms with Gasteiger partial charge < -0.3 is 5.32 Å². The first-order valence-electron chi connectivity index (χ1n) is 5.74. The molecule has 86 valence electrons. The van der Waals surface area contributed by atoms with Gasteiger partial charge in [-0.15, -0.1) is 11.6 Å². The lowest BCUT2D eigenvalue weighted by atomic mass is 9.90. The highest BCUT2D eigenvalue weighted by Gasteiger charge is 2.15. The molecule has 1 nitrogen and oxygen atoms in total. The first-order valence-corrected chi connectivity index (χ1v) is 6.28. The third kappa shape index (κ3) is 8.83. The van der Waals surface area contributed by atoms with Gasteiger partial charge in [0.05, 0.1) is 0 Å². The molecule has 0 fully saturated rings. The standard InChI is InChI=1S/C12H26ClN/c1-11(2)6-5-9-14-10-12(3,4)7-8-13/h11,14H,5-10H2,1-4H3. The van der Waals surface area contributed by atoms with E-state index in [-0.39, 0.29) is 0 Å². The SMILES string of the molecule is CC(C)CCCNCC(C)(C)CCCl. The van der Waals surface area contributed by atoms with Crippen LogP contribution in [0.4, 0.5) is 0 Å². The van der Waals surface area contributed by atoms with Crippen LogP contribution in [-0.2, 0) is 0 Å². The van der Waals surface area contributed by atoms with Gasteiger partial charge in [-0.05, 0) is 37.1 Å². The summed E-state index contributed by atoms with van der Waals surface area (Å²) in [4.78, 5) is 0. The summed E-state index contributed by atoms with van der Waals surface area (Å²) in [5.41, 5.74) is 0.347. The van der Waals surface area contributed by atoms with E-state index in [0.29, 0.717) is 5.41 Å². The quantitative estimate of drug-likeness (QED) is 0.485. The average molecular weight is 220 g/mol. The number of hydrogen-bond donors (Lipinski definition) is 1. The molecule has 0 atom stereocenters. The molecule has 0 aliphatic heterocycles. The van der Waals surface area contributed by atoms with E-state index in [2.05, 4.69) is 33.0 Å². The minimum atomic E-state index is 0.347. The summed E-state index contributed by atoms with van der Waals surface area (Å²) in [5, 5.41) is 3.51. The smallest absolute Gasteiger partial charge is 0.0229 e. The Morgan fingerprint density at radius 3 is 2.43 bits per heavy atom. The fourth-order valence-electron chi connectivity index (χ4n) is 1.41. The van der Waals surface area contributed by atoms with E-state index in [1.807, 2.05) is 0 Å². The summed E-state index contributed by atoms with van der Waals surface area (Å²) in [6.07, 6.45) is 3.70. The second kappa shape index (κ2) is 7.53. The normalized spacial score (nSPS) is 12.4. The largest absolute Gasteiger partial charge is 0.316 e. The van der Waals surface area contributed by atoms with E-state index in [0.717, 1.165) is 31.3 Å². The molecular weight excluding hydrogens is 194 g/mol. The number of alkyl halides is 1. The Kier molecular flexibility index (Phi) is 7.66. The van der Waals surface area contributed by atoms with Crippen molar-refractivity contribution in [1.82, 2.24) is 5.32 Å². The van der Waals surface area contributed by atoms with Crippen LogP contribution in [0.15, 0.2) is 0 Å². The van der Waals surface area contributed by atoms with E-state index in [1.54, 1.807) is 0 Å².